The lowest BCUT2D eigenvalue weighted by atomic mass is 10.2. The van der Waals surface area contributed by atoms with E-state index in [0.717, 1.165) is 10.4 Å². The predicted molar refractivity (Wildman–Crippen MR) is 102 cm³/mol. The van der Waals surface area contributed by atoms with Gasteiger partial charge >= 0.3 is 0 Å². The number of thiophene rings is 1. The highest BCUT2D eigenvalue weighted by Gasteiger charge is 2.13. The lowest BCUT2D eigenvalue weighted by molar-refractivity contribution is 0.0949. The van der Waals surface area contributed by atoms with Gasteiger partial charge < -0.3 is 15.0 Å². The first-order valence-corrected chi connectivity index (χ1v) is 9.08. The number of carbonyl (C=O) groups is 1. The van der Waals surface area contributed by atoms with Crippen LogP contribution in [0.25, 0.3) is 10.6 Å². The molecule has 1 amide bonds. The Morgan fingerprint density at radius 3 is 2.81 bits per heavy atom. The van der Waals surface area contributed by atoms with Crippen molar-refractivity contribution in [2.45, 2.75) is 26.5 Å². The van der Waals surface area contributed by atoms with Crippen molar-refractivity contribution in [3.63, 3.8) is 0 Å². The van der Waals surface area contributed by atoms with Crippen molar-refractivity contribution >= 4 is 17.2 Å². The fourth-order valence-corrected chi connectivity index (χ4v) is 3.09. The van der Waals surface area contributed by atoms with E-state index in [4.69, 9.17) is 4.74 Å². The number of amides is 1. The highest BCUT2D eigenvalue weighted by molar-refractivity contribution is 7.13. The Hall–Kier alpha value is -2.93. The minimum atomic E-state index is -0.441. The fourth-order valence-electron chi connectivity index (χ4n) is 2.39. The molecule has 0 fully saturated rings. The number of hydrogen-bond donors (Lipinski definition) is 2. The summed E-state index contributed by atoms with van der Waals surface area (Å²) >= 11 is 1.52. The number of ether oxygens (including phenoxy) is 1. The molecule has 7 heteroatoms. The molecule has 0 unspecified atom stereocenters. The van der Waals surface area contributed by atoms with E-state index in [1.807, 2.05) is 37.4 Å². The molecule has 3 aromatic rings. The largest absolute Gasteiger partial charge is 0.475 e. The van der Waals surface area contributed by atoms with Gasteiger partial charge in [0.25, 0.3) is 11.5 Å². The van der Waals surface area contributed by atoms with Crippen LogP contribution in [0, 0.1) is 0 Å². The lowest BCUT2D eigenvalue weighted by Gasteiger charge is -2.13. The third-order valence-corrected chi connectivity index (χ3v) is 4.48. The van der Waals surface area contributed by atoms with Crippen LogP contribution < -0.4 is 15.6 Å². The number of carbonyl (C=O) groups excluding carboxylic acids is 1. The summed E-state index contributed by atoms with van der Waals surface area (Å²) in [7, 11) is 0. The molecular formula is C19H19N3O3S. The number of nitrogens with one attached hydrogen (secondary N) is 2. The maximum atomic E-state index is 12.4. The van der Waals surface area contributed by atoms with Crippen molar-refractivity contribution in [1.82, 2.24) is 15.3 Å². The van der Waals surface area contributed by atoms with E-state index in [9.17, 15) is 9.59 Å². The third kappa shape index (κ3) is 4.18. The Kier molecular flexibility index (Phi) is 5.48. The van der Waals surface area contributed by atoms with Gasteiger partial charge in [-0.25, -0.2) is 4.98 Å². The Labute approximate surface area is 154 Å². The average molecular weight is 369 g/mol. The summed E-state index contributed by atoms with van der Waals surface area (Å²) in [6.45, 7) is 4.04. The van der Waals surface area contributed by atoms with Crippen molar-refractivity contribution in [2.75, 3.05) is 0 Å². The molecule has 0 spiro atoms. The SMILES string of the molecule is CC(C)Oc1ncccc1CNC(=O)c1ccc(-c2cccs2)[nH]c1=O. The molecule has 26 heavy (non-hydrogen) atoms. The topological polar surface area (TPSA) is 84.1 Å². The summed E-state index contributed by atoms with van der Waals surface area (Å²) in [5.41, 5.74) is 1.10. The molecule has 3 aromatic heterocycles. The summed E-state index contributed by atoms with van der Waals surface area (Å²) < 4.78 is 5.63. The standard InChI is InChI=1S/C19H19N3O3S/c1-12(2)25-19-13(5-3-9-20-19)11-21-17(23)14-7-8-15(22-18(14)24)16-6-4-10-26-16/h3-10,12H,11H2,1-2H3,(H,21,23)(H,22,24). The first-order valence-electron chi connectivity index (χ1n) is 8.20. The Morgan fingerprint density at radius 2 is 2.12 bits per heavy atom. The van der Waals surface area contributed by atoms with Gasteiger partial charge in [0.1, 0.15) is 5.56 Å². The molecule has 3 heterocycles. The van der Waals surface area contributed by atoms with Crippen LogP contribution in [0.3, 0.4) is 0 Å². The summed E-state index contributed by atoms with van der Waals surface area (Å²) in [5, 5.41) is 4.68. The summed E-state index contributed by atoms with van der Waals surface area (Å²) in [6, 6.07) is 10.7. The van der Waals surface area contributed by atoms with E-state index < -0.39 is 11.5 Å². The number of rotatable bonds is 6. The second-order valence-corrected chi connectivity index (χ2v) is 6.86. The summed E-state index contributed by atoms with van der Waals surface area (Å²) in [6.07, 6.45) is 1.61. The maximum Gasteiger partial charge on any atom is 0.261 e. The van der Waals surface area contributed by atoms with Crippen molar-refractivity contribution in [1.29, 1.82) is 0 Å². The maximum absolute atomic E-state index is 12.4. The van der Waals surface area contributed by atoms with Crippen LogP contribution in [0.1, 0.15) is 29.8 Å². The smallest absolute Gasteiger partial charge is 0.261 e. The second-order valence-electron chi connectivity index (χ2n) is 5.91. The molecule has 0 aromatic carbocycles. The normalized spacial score (nSPS) is 10.7. The molecule has 0 aliphatic rings. The van der Waals surface area contributed by atoms with Crippen molar-refractivity contribution in [3.05, 3.63) is 69.5 Å². The van der Waals surface area contributed by atoms with Gasteiger partial charge in [-0.3, -0.25) is 9.59 Å². The van der Waals surface area contributed by atoms with E-state index in [1.165, 1.54) is 17.4 Å². The fraction of sp³-hybridized carbons (Fsp3) is 0.211. The van der Waals surface area contributed by atoms with Gasteiger partial charge in [0, 0.05) is 18.3 Å². The highest BCUT2D eigenvalue weighted by Crippen LogP contribution is 2.21. The molecule has 0 atom stereocenters. The molecule has 0 radical (unpaired) electrons. The number of pyridine rings is 2. The van der Waals surface area contributed by atoms with Crippen LogP contribution in [-0.2, 0) is 6.54 Å². The minimum absolute atomic E-state index is 0.0213. The number of nitrogens with zero attached hydrogens (tertiary/aromatic N) is 1. The molecule has 134 valence electrons. The van der Waals surface area contributed by atoms with Crippen molar-refractivity contribution in [3.8, 4) is 16.5 Å². The lowest BCUT2D eigenvalue weighted by Crippen LogP contribution is -2.29. The number of H-pyrrole nitrogens is 1. The zero-order valence-electron chi connectivity index (χ0n) is 14.5. The van der Waals surface area contributed by atoms with Gasteiger partial charge in [0.15, 0.2) is 0 Å². The first kappa shape index (κ1) is 17.9. The van der Waals surface area contributed by atoms with E-state index >= 15 is 0 Å². The zero-order chi connectivity index (χ0) is 18.5. The molecule has 0 saturated heterocycles. The van der Waals surface area contributed by atoms with Crippen LogP contribution in [-0.4, -0.2) is 22.0 Å². The highest BCUT2D eigenvalue weighted by atomic mass is 32.1. The molecular weight excluding hydrogens is 350 g/mol. The number of aromatic amines is 1. The predicted octanol–water partition coefficient (Wildman–Crippen LogP) is 3.22. The van der Waals surface area contributed by atoms with E-state index in [-0.39, 0.29) is 18.2 Å². The Morgan fingerprint density at radius 1 is 1.27 bits per heavy atom. The van der Waals surface area contributed by atoms with Crippen LogP contribution in [0.15, 0.2) is 52.8 Å². The van der Waals surface area contributed by atoms with Crippen LogP contribution in [0.2, 0.25) is 0 Å². The second kappa shape index (κ2) is 7.97. The van der Waals surface area contributed by atoms with Gasteiger partial charge in [-0.1, -0.05) is 12.1 Å². The van der Waals surface area contributed by atoms with Crippen molar-refractivity contribution < 1.29 is 9.53 Å². The van der Waals surface area contributed by atoms with Gasteiger partial charge in [-0.2, -0.15) is 0 Å². The van der Waals surface area contributed by atoms with E-state index in [0.29, 0.717) is 11.6 Å². The van der Waals surface area contributed by atoms with Gasteiger partial charge in [-0.05, 0) is 43.5 Å². The van der Waals surface area contributed by atoms with Crippen LogP contribution >= 0.6 is 11.3 Å². The summed E-state index contributed by atoms with van der Waals surface area (Å²) in [5.74, 6) is 0.0353. The average Bonchev–Trinajstić information content (AvgIpc) is 3.15. The van der Waals surface area contributed by atoms with Crippen LogP contribution in [0.4, 0.5) is 0 Å². The molecule has 0 bridgehead atoms. The van der Waals surface area contributed by atoms with Crippen molar-refractivity contribution in [2.24, 2.45) is 0 Å². The number of aromatic nitrogens is 2. The molecule has 3 rings (SSSR count). The van der Waals surface area contributed by atoms with E-state index in [2.05, 4.69) is 15.3 Å². The van der Waals surface area contributed by atoms with Gasteiger partial charge in [0.2, 0.25) is 5.88 Å². The quantitative estimate of drug-likeness (QED) is 0.699. The van der Waals surface area contributed by atoms with E-state index in [1.54, 1.807) is 18.3 Å². The molecule has 0 saturated carbocycles. The van der Waals surface area contributed by atoms with Gasteiger partial charge in [0.05, 0.1) is 16.7 Å². The van der Waals surface area contributed by atoms with Crippen LogP contribution in [0.5, 0.6) is 5.88 Å². The molecule has 2 N–H and O–H groups in total. The number of hydrogen-bond acceptors (Lipinski definition) is 5. The minimum Gasteiger partial charge on any atom is -0.475 e. The third-order valence-electron chi connectivity index (χ3n) is 3.58. The Bertz CT molecular complexity index is 949. The first-order chi connectivity index (χ1) is 12.5. The Balaban J connectivity index is 1.72. The molecule has 6 nitrogen and oxygen atoms in total. The molecule has 0 aliphatic heterocycles. The summed E-state index contributed by atoms with van der Waals surface area (Å²) in [4.78, 5) is 32.5. The molecule has 0 aliphatic carbocycles. The monoisotopic (exact) mass is 369 g/mol. The zero-order valence-corrected chi connectivity index (χ0v) is 15.3. The van der Waals surface area contributed by atoms with Gasteiger partial charge in [-0.15, -0.1) is 11.3 Å².